The first-order valence-electron chi connectivity index (χ1n) is 6.86. The SMILES string of the molecule is CN(CC(=O)NC1CCCC1)Cc1ccc(Br)cc1. The number of rotatable bonds is 5. The standard InChI is InChI=1S/C15H21BrN2O/c1-18(10-12-6-8-13(16)9-7-12)11-15(19)17-14-4-2-3-5-14/h6-9,14H,2-5,10-11H2,1H3,(H,17,19). The summed E-state index contributed by atoms with van der Waals surface area (Å²) in [5, 5.41) is 3.12. The van der Waals surface area contributed by atoms with E-state index in [1.807, 2.05) is 24.1 Å². The lowest BCUT2D eigenvalue weighted by atomic mass is 10.2. The average molecular weight is 325 g/mol. The predicted molar refractivity (Wildman–Crippen MR) is 80.9 cm³/mol. The molecule has 2 rings (SSSR count). The van der Waals surface area contributed by atoms with Crippen molar-refractivity contribution in [3.8, 4) is 0 Å². The Hall–Kier alpha value is -0.870. The first-order valence-corrected chi connectivity index (χ1v) is 7.65. The summed E-state index contributed by atoms with van der Waals surface area (Å²) < 4.78 is 1.08. The van der Waals surface area contributed by atoms with E-state index in [0.717, 1.165) is 23.9 Å². The molecule has 1 fully saturated rings. The molecule has 0 unspecified atom stereocenters. The van der Waals surface area contributed by atoms with Gasteiger partial charge in [-0.05, 0) is 37.6 Å². The fourth-order valence-corrected chi connectivity index (χ4v) is 2.81. The molecule has 1 aliphatic rings. The highest BCUT2D eigenvalue weighted by atomic mass is 79.9. The Bertz CT molecular complexity index is 413. The summed E-state index contributed by atoms with van der Waals surface area (Å²) in [4.78, 5) is 13.9. The zero-order valence-corrected chi connectivity index (χ0v) is 12.9. The smallest absolute Gasteiger partial charge is 0.234 e. The van der Waals surface area contributed by atoms with Crippen LogP contribution >= 0.6 is 15.9 Å². The Balaban J connectivity index is 1.75. The van der Waals surface area contributed by atoms with Gasteiger partial charge in [-0.1, -0.05) is 40.9 Å². The van der Waals surface area contributed by atoms with Crippen LogP contribution in [-0.2, 0) is 11.3 Å². The number of hydrogen-bond acceptors (Lipinski definition) is 2. The van der Waals surface area contributed by atoms with Crippen molar-refractivity contribution in [3.63, 3.8) is 0 Å². The monoisotopic (exact) mass is 324 g/mol. The van der Waals surface area contributed by atoms with Crippen molar-refractivity contribution >= 4 is 21.8 Å². The van der Waals surface area contributed by atoms with Gasteiger partial charge >= 0.3 is 0 Å². The number of carbonyl (C=O) groups excluding carboxylic acids is 1. The highest BCUT2D eigenvalue weighted by Gasteiger charge is 2.17. The van der Waals surface area contributed by atoms with Gasteiger partial charge in [-0.25, -0.2) is 0 Å². The number of hydrogen-bond donors (Lipinski definition) is 1. The van der Waals surface area contributed by atoms with Gasteiger partial charge < -0.3 is 5.32 Å². The molecule has 3 nitrogen and oxygen atoms in total. The Morgan fingerprint density at radius 3 is 2.58 bits per heavy atom. The van der Waals surface area contributed by atoms with Crippen molar-refractivity contribution < 1.29 is 4.79 Å². The van der Waals surface area contributed by atoms with Crippen molar-refractivity contribution in [2.75, 3.05) is 13.6 Å². The maximum absolute atomic E-state index is 11.9. The number of benzene rings is 1. The van der Waals surface area contributed by atoms with Gasteiger partial charge in [0.2, 0.25) is 5.91 Å². The zero-order chi connectivity index (χ0) is 13.7. The fraction of sp³-hybridized carbons (Fsp3) is 0.533. The van der Waals surface area contributed by atoms with E-state index in [1.165, 1.54) is 18.4 Å². The van der Waals surface area contributed by atoms with Crippen LogP contribution in [0.5, 0.6) is 0 Å². The molecule has 0 heterocycles. The molecule has 4 heteroatoms. The van der Waals surface area contributed by atoms with Crippen LogP contribution in [0.15, 0.2) is 28.7 Å². The number of nitrogens with zero attached hydrogens (tertiary/aromatic N) is 1. The molecular formula is C15H21BrN2O. The second kappa shape index (κ2) is 7.06. The van der Waals surface area contributed by atoms with Crippen LogP contribution in [0, 0.1) is 0 Å². The van der Waals surface area contributed by atoms with Crippen LogP contribution < -0.4 is 5.32 Å². The van der Waals surface area contributed by atoms with E-state index in [4.69, 9.17) is 0 Å². The molecule has 1 amide bonds. The summed E-state index contributed by atoms with van der Waals surface area (Å²) in [6, 6.07) is 8.63. The van der Waals surface area contributed by atoms with E-state index in [1.54, 1.807) is 0 Å². The first kappa shape index (κ1) is 14.5. The van der Waals surface area contributed by atoms with Crippen LogP contribution in [0.1, 0.15) is 31.2 Å². The van der Waals surface area contributed by atoms with Crippen molar-refractivity contribution in [3.05, 3.63) is 34.3 Å². The van der Waals surface area contributed by atoms with Crippen molar-refractivity contribution in [1.29, 1.82) is 0 Å². The van der Waals surface area contributed by atoms with Crippen LogP contribution in [-0.4, -0.2) is 30.4 Å². The third-order valence-corrected chi connectivity index (χ3v) is 4.03. The topological polar surface area (TPSA) is 32.3 Å². The Labute approximate surface area is 123 Å². The molecule has 0 saturated heterocycles. The number of amides is 1. The summed E-state index contributed by atoms with van der Waals surface area (Å²) in [5.74, 6) is 0.145. The summed E-state index contributed by atoms with van der Waals surface area (Å²) >= 11 is 3.42. The van der Waals surface area contributed by atoms with Crippen molar-refractivity contribution in [2.24, 2.45) is 0 Å². The van der Waals surface area contributed by atoms with E-state index in [-0.39, 0.29) is 5.91 Å². The lowest BCUT2D eigenvalue weighted by Crippen LogP contribution is -2.39. The lowest BCUT2D eigenvalue weighted by Gasteiger charge is -2.18. The largest absolute Gasteiger partial charge is 0.352 e. The molecule has 0 atom stereocenters. The molecule has 1 N–H and O–H groups in total. The summed E-state index contributed by atoms with van der Waals surface area (Å²) in [6.07, 6.45) is 4.78. The third-order valence-electron chi connectivity index (χ3n) is 3.50. The minimum Gasteiger partial charge on any atom is -0.352 e. The third kappa shape index (κ3) is 4.96. The molecule has 0 spiro atoms. The van der Waals surface area contributed by atoms with Gasteiger partial charge in [-0.3, -0.25) is 9.69 Å². The molecule has 1 saturated carbocycles. The summed E-state index contributed by atoms with van der Waals surface area (Å²) in [5.41, 5.74) is 1.22. The Kier molecular flexibility index (Phi) is 5.40. The van der Waals surface area contributed by atoms with E-state index in [0.29, 0.717) is 12.6 Å². The van der Waals surface area contributed by atoms with Gasteiger partial charge in [0.25, 0.3) is 0 Å². The van der Waals surface area contributed by atoms with Crippen molar-refractivity contribution in [2.45, 2.75) is 38.3 Å². The number of likely N-dealkylation sites (N-methyl/N-ethyl adjacent to an activating group) is 1. The quantitative estimate of drug-likeness (QED) is 0.903. The maximum atomic E-state index is 11.9. The van der Waals surface area contributed by atoms with Gasteiger partial charge in [0.1, 0.15) is 0 Å². The molecule has 0 radical (unpaired) electrons. The summed E-state index contributed by atoms with van der Waals surface area (Å²) in [7, 11) is 1.98. The molecule has 19 heavy (non-hydrogen) atoms. The molecule has 1 aromatic carbocycles. The first-order chi connectivity index (χ1) is 9.13. The molecule has 104 valence electrons. The van der Waals surface area contributed by atoms with Gasteiger partial charge in [-0.15, -0.1) is 0 Å². The van der Waals surface area contributed by atoms with Crippen LogP contribution in [0.3, 0.4) is 0 Å². The second-order valence-corrected chi connectivity index (χ2v) is 6.26. The number of nitrogens with one attached hydrogen (secondary N) is 1. The highest BCUT2D eigenvalue weighted by Crippen LogP contribution is 2.17. The minimum absolute atomic E-state index is 0.145. The summed E-state index contributed by atoms with van der Waals surface area (Å²) in [6.45, 7) is 1.26. The maximum Gasteiger partial charge on any atom is 0.234 e. The fourth-order valence-electron chi connectivity index (χ4n) is 2.55. The molecule has 1 aliphatic carbocycles. The van der Waals surface area contributed by atoms with Gasteiger partial charge in [-0.2, -0.15) is 0 Å². The molecule has 0 bridgehead atoms. The van der Waals surface area contributed by atoms with E-state index in [9.17, 15) is 4.79 Å². The van der Waals surface area contributed by atoms with E-state index in [2.05, 4.69) is 33.4 Å². The molecule has 0 aliphatic heterocycles. The average Bonchev–Trinajstić information content (AvgIpc) is 2.84. The normalized spacial score (nSPS) is 15.9. The Morgan fingerprint density at radius 2 is 1.95 bits per heavy atom. The van der Waals surface area contributed by atoms with E-state index >= 15 is 0 Å². The van der Waals surface area contributed by atoms with E-state index < -0.39 is 0 Å². The van der Waals surface area contributed by atoms with Gasteiger partial charge in [0.05, 0.1) is 6.54 Å². The predicted octanol–water partition coefficient (Wildman–Crippen LogP) is 2.94. The number of carbonyl (C=O) groups is 1. The van der Waals surface area contributed by atoms with Crippen LogP contribution in [0.2, 0.25) is 0 Å². The number of halogens is 1. The minimum atomic E-state index is 0.145. The Morgan fingerprint density at radius 1 is 1.32 bits per heavy atom. The molecular weight excluding hydrogens is 304 g/mol. The highest BCUT2D eigenvalue weighted by molar-refractivity contribution is 9.10. The van der Waals surface area contributed by atoms with Crippen LogP contribution in [0.4, 0.5) is 0 Å². The second-order valence-electron chi connectivity index (χ2n) is 5.35. The molecule has 0 aromatic heterocycles. The van der Waals surface area contributed by atoms with Crippen molar-refractivity contribution in [1.82, 2.24) is 10.2 Å². The van der Waals surface area contributed by atoms with Crippen LogP contribution in [0.25, 0.3) is 0 Å². The zero-order valence-electron chi connectivity index (χ0n) is 11.4. The van der Waals surface area contributed by atoms with Gasteiger partial charge in [0.15, 0.2) is 0 Å². The van der Waals surface area contributed by atoms with Gasteiger partial charge in [0, 0.05) is 17.1 Å². The molecule has 1 aromatic rings. The lowest BCUT2D eigenvalue weighted by molar-refractivity contribution is -0.122.